The van der Waals surface area contributed by atoms with Crippen LogP contribution in [0.4, 0.5) is 0 Å². The number of fused-ring (bicyclic) bond motifs is 1. The molecule has 1 amide bonds. The molecule has 5 nitrogen and oxygen atoms in total. The van der Waals surface area contributed by atoms with Crippen LogP contribution in [-0.4, -0.2) is 49.3 Å². The van der Waals surface area contributed by atoms with Crippen LogP contribution < -0.4 is 10.5 Å². The fourth-order valence-electron chi connectivity index (χ4n) is 4.36. The summed E-state index contributed by atoms with van der Waals surface area (Å²) in [5, 5.41) is 0. The Morgan fingerprint density at radius 1 is 1.35 bits per heavy atom. The first-order valence-corrected chi connectivity index (χ1v) is 9.14. The van der Waals surface area contributed by atoms with Gasteiger partial charge in [-0.2, -0.15) is 0 Å². The summed E-state index contributed by atoms with van der Waals surface area (Å²) < 4.78 is 11.6. The molecule has 1 saturated heterocycles. The molecule has 1 aliphatic carbocycles. The van der Waals surface area contributed by atoms with Crippen LogP contribution in [0.5, 0.6) is 5.75 Å². The number of halogens is 1. The molecule has 2 aliphatic rings. The Morgan fingerprint density at radius 3 is 2.65 bits per heavy atom. The molecule has 1 aromatic rings. The number of likely N-dealkylation sites (N-methyl/N-ethyl adjacent to an activating group) is 1. The van der Waals surface area contributed by atoms with Gasteiger partial charge in [0.15, 0.2) is 0 Å². The molecular weight excluding hydrogens is 352 g/mol. The minimum absolute atomic E-state index is 0. The lowest BCUT2D eigenvalue weighted by atomic mass is 9.46. The van der Waals surface area contributed by atoms with Crippen molar-refractivity contribution in [2.45, 2.75) is 45.3 Å². The zero-order valence-corrected chi connectivity index (χ0v) is 17.0. The van der Waals surface area contributed by atoms with Crippen molar-refractivity contribution in [2.24, 2.45) is 17.1 Å². The van der Waals surface area contributed by atoms with Gasteiger partial charge < -0.3 is 20.1 Å². The van der Waals surface area contributed by atoms with Crippen molar-refractivity contribution in [2.75, 3.05) is 26.8 Å². The highest BCUT2D eigenvalue weighted by Gasteiger charge is 2.70. The molecule has 3 rings (SSSR count). The molecular formula is C20H31ClN2O3. The first kappa shape index (κ1) is 21.0. The molecule has 0 aromatic heterocycles. The highest BCUT2D eigenvalue weighted by Crippen LogP contribution is 2.57. The number of nitrogens with zero attached hydrogens (tertiary/aromatic N) is 1. The number of amides is 1. The molecule has 1 aromatic carbocycles. The molecule has 0 bridgehead atoms. The third-order valence-corrected chi connectivity index (χ3v) is 6.10. The van der Waals surface area contributed by atoms with Gasteiger partial charge in [0.1, 0.15) is 17.9 Å². The Labute approximate surface area is 162 Å². The van der Waals surface area contributed by atoms with Crippen LogP contribution in [0, 0.1) is 18.3 Å². The first-order valence-electron chi connectivity index (χ1n) is 9.14. The Kier molecular flexibility index (Phi) is 6.26. The molecule has 0 spiro atoms. The highest BCUT2D eigenvalue weighted by molar-refractivity contribution is 5.89. The molecule has 1 aliphatic heterocycles. The van der Waals surface area contributed by atoms with Crippen molar-refractivity contribution >= 4 is 18.3 Å². The predicted molar refractivity (Wildman–Crippen MR) is 105 cm³/mol. The average molecular weight is 383 g/mol. The minimum atomic E-state index is -0.851. The topological polar surface area (TPSA) is 64.8 Å². The van der Waals surface area contributed by atoms with Gasteiger partial charge in [-0.15, -0.1) is 12.4 Å². The van der Waals surface area contributed by atoms with E-state index in [0.717, 1.165) is 25.2 Å². The molecule has 1 heterocycles. The Hall–Kier alpha value is -1.30. The third kappa shape index (κ3) is 3.32. The van der Waals surface area contributed by atoms with Crippen molar-refractivity contribution in [3.8, 4) is 5.75 Å². The monoisotopic (exact) mass is 382 g/mol. The minimum Gasteiger partial charge on any atom is -0.492 e. The van der Waals surface area contributed by atoms with E-state index in [1.54, 1.807) is 4.90 Å². The Balaban J connectivity index is 0.00000243. The molecule has 3 atom stereocenters. The lowest BCUT2D eigenvalue weighted by molar-refractivity contribution is -0.229. The number of ether oxygens (including phenoxy) is 2. The quantitative estimate of drug-likeness (QED) is 0.850. The van der Waals surface area contributed by atoms with Crippen molar-refractivity contribution in [1.82, 2.24) is 4.90 Å². The number of rotatable bonds is 5. The smallest absolute Gasteiger partial charge is 0.243 e. The van der Waals surface area contributed by atoms with Gasteiger partial charge in [0.25, 0.3) is 0 Å². The zero-order chi connectivity index (χ0) is 18.2. The van der Waals surface area contributed by atoms with E-state index in [1.165, 1.54) is 5.56 Å². The molecule has 6 heteroatoms. The number of carbonyl (C=O) groups is 1. The van der Waals surface area contributed by atoms with E-state index in [-0.39, 0.29) is 35.8 Å². The predicted octanol–water partition coefficient (Wildman–Crippen LogP) is 2.79. The SMILES string of the molecule is Cc1ccc(OCCN(C)C(=O)C2(N)C3CCCOC3C2(C)C)cc1.Cl. The van der Waals surface area contributed by atoms with Crippen molar-refractivity contribution in [3.63, 3.8) is 0 Å². The van der Waals surface area contributed by atoms with Crippen LogP contribution in [0.2, 0.25) is 0 Å². The summed E-state index contributed by atoms with van der Waals surface area (Å²) in [6, 6.07) is 7.92. The number of hydrogen-bond donors (Lipinski definition) is 1. The van der Waals surface area contributed by atoms with Gasteiger partial charge in [0.05, 0.1) is 12.6 Å². The number of aryl methyl sites for hydroxylation is 1. The molecule has 0 radical (unpaired) electrons. The van der Waals surface area contributed by atoms with Crippen molar-refractivity contribution in [3.05, 3.63) is 29.8 Å². The maximum Gasteiger partial charge on any atom is 0.243 e. The van der Waals surface area contributed by atoms with Gasteiger partial charge in [0, 0.05) is 25.0 Å². The van der Waals surface area contributed by atoms with Crippen LogP contribution >= 0.6 is 12.4 Å². The summed E-state index contributed by atoms with van der Waals surface area (Å²) in [7, 11) is 1.81. The van der Waals surface area contributed by atoms with Gasteiger partial charge in [-0.25, -0.2) is 0 Å². The number of benzene rings is 1. The van der Waals surface area contributed by atoms with E-state index >= 15 is 0 Å². The summed E-state index contributed by atoms with van der Waals surface area (Å²) in [6.07, 6.45) is 2.03. The van der Waals surface area contributed by atoms with E-state index < -0.39 is 5.54 Å². The fourth-order valence-corrected chi connectivity index (χ4v) is 4.36. The van der Waals surface area contributed by atoms with Gasteiger partial charge in [0.2, 0.25) is 5.91 Å². The molecule has 2 N–H and O–H groups in total. The van der Waals surface area contributed by atoms with E-state index in [4.69, 9.17) is 15.2 Å². The second kappa shape index (κ2) is 7.75. The Morgan fingerprint density at radius 2 is 2.00 bits per heavy atom. The van der Waals surface area contributed by atoms with Crippen molar-refractivity contribution in [1.29, 1.82) is 0 Å². The van der Waals surface area contributed by atoms with Crippen LogP contribution in [0.15, 0.2) is 24.3 Å². The second-order valence-corrected chi connectivity index (χ2v) is 8.02. The fraction of sp³-hybridized carbons (Fsp3) is 0.650. The maximum absolute atomic E-state index is 13.1. The largest absolute Gasteiger partial charge is 0.492 e. The summed E-state index contributed by atoms with van der Waals surface area (Å²) in [6.45, 7) is 7.88. The van der Waals surface area contributed by atoms with E-state index in [2.05, 4.69) is 0 Å². The van der Waals surface area contributed by atoms with Gasteiger partial charge in [-0.3, -0.25) is 4.79 Å². The van der Waals surface area contributed by atoms with Crippen molar-refractivity contribution < 1.29 is 14.3 Å². The van der Waals surface area contributed by atoms with Crippen LogP contribution in [-0.2, 0) is 9.53 Å². The normalized spacial score (nSPS) is 29.0. The molecule has 2 fully saturated rings. The number of hydrogen-bond acceptors (Lipinski definition) is 4. The van der Waals surface area contributed by atoms with Crippen LogP contribution in [0.1, 0.15) is 32.3 Å². The van der Waals surface area contributed by atoms with Gasteiger partial charge in [-0.1, -0.05) is 31.5 Å². The standard InChI is InChI=1S/C20H30N2O3.ClH/c1-14-7-9-15(10-8-14)24-13-11-22(4)18(23)20(21)16-6-5-12-25-17(16)19(20,2)3;/h7-10,16-17H,5-6,11-13,21H2,1-4H3;1H. The second-order valence-electron chi connectivity index (χ2n) is 8.02. The summed E-state index contributed by atoms with van der Waals surface area (Å²) in [5.41, 5.74) is 6.67. The lowest BCUT2D eigenvalue weighted by Gasteiger charge is -2.65. The molecule has 1 saturated carbocycles. The van der Waals surface area contributed by atoms with Crippen LogP contribution in [0.3, 0.4) is 0 Å². The molecule has 26 heavy (non-hydrogen) atoms. The third-order valence-electron chi connectivity index (χ3n) is 6.10. The number of carbonyl (C=O) groups excluding carboxylic acids is 1. The van der Waals surface area contributed by atoms with E-state index in [1.807, 2.05) is 52.1 Å². The average Bonchev–Trinajstić information content (AvgIpc) is 2.61. The van der Waals surface area contributed by atoms with Gasteiger partial charge >= 0.3 is 0 Å². The zero-order valence-electron chi connectivity index (χ0n) is 16.2. The molecule has 146 valence electrons. The van der Waals surface area contributed by atoms with E-state index in [0.29, 0.717) is 13.2 Å². The number of nitrogens with two attached hydrogens (primary N) is 1. The highest BCUT2D eigenvalue weighted by atomic mass is 35.5. The maximum atomic E-state index is 13.1. The summed E-state index contributed by atoms with van der Waals surface area (Å²) >= 11 is 0. The summed E-state index contributed by atoms with van der Waals surface area (Å²) in [4.78, 5) is 14.8. The lowest BCUT2D eigenvalue weighted by Crippen LogP contribution is -2.82. The molecule has 3 unspecified atom stereocenters. The first-order chi connectivity index (χ1) is 11.8. The van der Waals surface area contributed by atoms with E-state index in [9.17, 15) is 4.79 Å². The van der Waals surface area contributed by atoms with Crippen LogP contribution in [0.25, 0.3) is 0 Å². The van der Waals surface area contributed by atoms with Gasteiger partial charge in [-0.05, 0) is 31.9 Å². The summed E-state index contributed by atoms with van der Waals surface area (Å²) in [5.74, 6) is 0.930. The Bertz CT molecular complexity index is 634.